The SMILES string of the molecule is FCCOc1ccc2c(c1)-c1ncnn1Cc1c(Cl)ncn1-2. The molecule has 22 heavy (non-hydrogen) atoms. The van der Waals surface area contributed by atoms with Gasteiger partial charge in [-0.25, -0.2) is 19.0 Å². The van der Waals surface area contributed by atoms with Crippen LogP contribution in [0.1, 0.15) is 5.69 Å². The Balaban J connectivity index is 1.93. The molecule has 1 aliphatic heterocycles. The minimum atomic E-state index is -0.533. The highest BCUT2D eigenvalue weighted by Gasteiger charge is 2.23. The van der Waals surface area contributed by atoms with E-state index in [1.54, 1.807) is 17.1 Å². The number of nitrogens with zero attached hydrogens (tertiary/aromatic N) is 5. The summed E-state index contributed by atoms with van der Waals surface area (Å²) in [5.41, 5.74) is 2.56. The third-order valence-electron chi connectivity index (χ3n) is 3.54. The quantitative estimate of drug-likeness (QED) is 0.582. The lowest BCUT2D eigenvalue weighted by Gasteiger charge is -2.11. The van der Waals surface area contributed by atoms with Crippen LogP contribution >= 0.6 is 11.6 Å². The first-order valence-electron chi connectivity index (χ1n) is 6.71. The van der Waals surface area contributed by atoms with Gasteiger partial charge in [0.25, 0.3) is 0 Å². The normalized spacial score (nSPS) is 12.3. The van der Waals surface area contributed by atoms with Crippen molar-refractivity contribution >= 4 is 11.6 Å². The van der Waals surface area contributed by atoms with Gasteiger partial charge in [0, 0.05) is 5.56 Å². The Morgan fingerprint density at radius 2 is 2.23 bits per heavy atom. The maximum atomic E-state index is 12.3. The van der Waals surface area contributed by atoms with E-state index in [1.165, 1.54) is 6.33 Å². The van der Waals surface area contributed by atoms with Crippen molar-refractivity contribution in [2.75, 3.05) is 13.3 Å². The highest BCUT2D eigenvalue weighted by atomic mass is 35.5. The Labute approximate surface area is 130 Å². The molecule has 4 rings (SSSR count). The molecule has 0 aliphatic carbocycles. The van der Waals surface area contributed by atoms with E-state index in [1.807, 2.05) is 16.7 Å². The van der Waals surface area contributed by atoms with Crippen molar-refractivity contribution in [3.05, 3.63) is 41.7 Å². The van der Waals surface area contributed by atoms with E-state index in [0.717, 1.165) is 16.9 Å². The summed E-state index contributed by atoms with van der Waals surface area (Å²) in [6.07, 6.45) is 3.17. The topological polar surface area (TPSA) is 57.8 Å². The van der Waals surface area contributed by atoms with Crippen LogP contribution in [0.2, 0.25) is 5.15 Å². The molecule has 0 bridgehead atoms. The van der Waals surface area contributed by atoms with Gasteiger partial charge < -0.3 is 4.74 Å². The molecule has 0 saturated carbocycles. The first-order chi connectivity index (χ1) is 10.8. The lowest BCUT2D eigenvalue weighted by atomic mass is 10.1. The molecule has 0 atom stereocenters. The molecule has 0 radical (unpaired) electrons. The van der Waals surface area contributed by atoms with E-state index in [9.17, 15) is 4.39 Å². The van der Waals surface area contributed by atoms with Gasteiger partial charge in [0.15, 0.2) is 11.0 Å². The van der Waals surface area contributed by atoms with Crippen LogP contribution in [-0.2, 0) is 6.54 Å². The number of ether oxygens (including phenoxy) is 1. The minimum absolute atomic E-state index is 0.0215. The van der Waals surface area contributed by atoms with Crippen molar-refractivity contribution < 1.29 is 9.13 Å². The third kappa shape index (κ3) is 1.97. The molecule has 0 spiro atoms. The second-order valence-electron chi connectivity index (χ2n) is 4.81. The van der Waals surface area contributed by atoms with Gasteiger partial charge in [0.1, 0.15) is 31.7 Å². The van der Waals surface area contributed by atoms with E-state index in [2.05, 4.69) is 15.1 Å². The zero-order valence-electron chi connectivity index (χ0n) is 11.4. The van der Waals surface area contributed by atoms with Gasteiger partial charge in [-0.2, -0.15) is 5.10 Å². The number of halogens is 2. The first-order valence-corrected chi connectivity index (χ1v) is 7.09. The fraction of sp³-hybridized carbons (Fsp3) is 0.214. The lowest BCUT2D eigenvalue weighted by Crippen LogP contribution is -2.04. The van der Waals surface area contributed by atoms with Gasteiger partial charge >= 0.3 is 0 Å². The summed E-state index contributed by atoms with van der Waals surface area (Å²) < 4.78 is 21.3. The standard InChI is InChI=1S/C14H11ClFN5O/c15-13-12-6-21-14(17-7-19-21)10-5-9(22-4-3-16)1-2-11(10)20(12)8-18-13/h1-2,5,7-8H,3-4,6H2. The molecule has 8 heteroatoms. The van der Waals surface area contributed by atoms with E-state index in [-0.39, 0.29) is 6.61 Å². The summed E-state index contributed by atoms with van der Waals surface area (Å²) >= 11 is 6.17. The van der Waals surface area contributed by atoms with Gasteiger partial charge in [0.2, 0.25) is 0 Å². The van der Waals surface area contributed by atoms with Crippen molar-refractivity contribution in [3.8, 4) is 22.8 Å². The molecule has 0 unspecified atom stereocenters. The fourth-order valence-electron chi connectivity index (χ4n) is 2.58. The number of alkyl halides is 1. The highest BCUT2D eigenvalue weighted by Crippen LogP contribution is 2.34. The Kier molecular flexibility index (Phi) is 3.07. The molecular formula is C14H11ClFN5O. The Bertz CT molecular complexity index is 844. The number of fused-ring (bicyclic) bond motifs is 5. The van der Waals surface area contributed by atoms with Gasteiger partial charge in [-0.3, -0.25) is 4.57 Å². The predicted molar refractivity (Wildman–Crippen MR) is 78.2 cm³/mol. The average Bonchev–Trinajstić information content (AvgIpc) is 3.11. The molecule has 0 fully saturated rings. The van der Waals surface area contributed by atoms with E-state index < -0.39 is 6.67 Å². The summed E-state index contributed by atoms with van der Waals surface area (Å²) in [6, 6.07) is 5.50. The van der Waals surface area contributed by atoms with Crippen LogP contribution < -0.4 is 4.74 Å². The molecule has 3 heterocycles. The minimum Gasteiger partial charge on any atom is -0.491 e. The highest BCUT2D eigenvalue weighted by molar-refractivity contribution is 6.30. The lowest BCUT2D eigenvalue weighted by molar-refractivity contribution is 0.273. The largest absolute Gasteiger partial charge is 0.491 e. The average molecular weight is 320 g/mol. The predicted octanol–water partition coefficient (Wildman–Crippen LogP) is 2.49. The van der Waals surface area contributed by atoms with Crippen LogP contribution in [-0.4, -0.2) is 37.6 Å². The van der Waals surface area contributed by atoms with Crippen molar-refractivity contribution in [3.63, 3.8) is 0 Å². The van der Waals surface area contributed by atoms with Gasteiger partial charge in [-0.1, -0.05) is 11.6 Å². The molecule has 1 aliphatic rings. The van der Waals surface area contributed by atoms with Crippen LogP contribution in [0.15, 0.2) is 30.9 Å². The van der Waals surface area contributed by atoms with Crippen molar-refractivity contribution in [1.82, 2.24) is 24.3 Å². The second-order valence-corrected chi connectivity index (χ2v) is 5.17. The molecule has 3 aromatic rings. The smallest absolute Gasteiger partial charge is 0.160 e. The maximum absolute atomic E-state index is 12.3. The summed E-state index contributed by atoms with van der Waals surface area (Å²) in [5.74, 6) is 1.29. The molecule has 0 saturated heterocycles. The summed E-state index contributed by atoms with van der Waals surface area (Å²) in [4.78, 5) is 8.47. The molecule has 6 nitrogen and oxygen atoms in total. The fourth-order valence-corrected chi connectivity index (χ4v) is 2.78. The number of benzene rings is 1. The summed E-state index contributed by atoms with van der Waals surface area (Å²) in [5, 5.41) is 4.67. The van der Waals surface area contributed by atoms with Crippen molar-refractivity contribution in [1.29, 1.82) is 0 Å². The van der Waals surface area contributed by atoms with E-state index in [4.69, 9.17) is 16.3 Å². The number of imidazole rings is 1. The number of hydrogen-bond donors (Lipinski definition) is 0. The van der Waals surface area contributed by atoms with E-state index >= 15 is 0 Å². The number of rotatable bonds is 3. The van der Waals surface area contributed by atoms with E-state index in [0.29, 0.717) is 23.3 Å². The van der Waals surface area contributed by atoms with Crippen LogP contribution in [0.3, 0.4) is 0 Å². The molecule has 1 aromatic carbocycles. The van der Waals surface area contributed by atoms with Crippen molar-refractivity contribution in [2.24, 2.45) is 0 Å². The van der Waals surface area contributed by atoms with Gasteiger partial charge in [-0.15, -0.1) is 0 Å². The number of aromatic nitrogens is 5. The summed E-state index contributed by atoms with van der Waals surface area (Å²) in [7, 11) is 0. The molecule has 0 amide bonds. The van der Waals surface area contributed by atoms with Crippen molar-refractivity contribution in [2.45, 2.75) is 6.54 Å². The Morgan fingerprint density at radius 3 is 3.09 bits per heavy atom. The van der Waals surface area contributed by atoms with Gasteiger partial charge in [0.05, 0.1) is 17.9 Å². The van der Waals surface area contributed by atoms with Crippen LogP contribution in [0.5, 0.6) is 5.75 Å². The van der Waals surface area contributed by atoms with Crippen LogP contribution in [0.25, 0.3) is 17.1 Å². The zero-order chi connectivity index (χ0) is 15.1. The molecule has 0 N–H and O–H groups in total. The third-order valence-corrected chi connectivity index (χ3v) is 3.86. The molecule has 112 valence electrons. The molecular weight excluding hydrogens is 309 g/mol. The molecule has 2 aromatic heterocycles. The number of hydrogen-bond acceptors (Lipinski definition) is 4. The zero-order valence-corrected chi connectivity index (χ0v) is 12.2. The summed E-state index contributed by atoms with van der Waals surface area (Å²) in [6.45, 7) is -0.0360. The van der Waals surface area contributed by atoms with Crippen LogP contribution in [0.4, 0.5) is 4.39 Å². The monoisotopic (exact) mass is 319 g/mol. The Hall–Kier alpha value is -2.41. The first kappa shape index (κ1) is 13.3. The van der Waals surface area contributed by atoms with Gasteiger partial charge in [-0.05, 0) is 18.2 Å². The van der Waals surface area contributed by atoms with Crippen LogP contribution in [0, 0.1) is 0 Å². The Morgan fingerprint density at radius 1 is 1.32 bits per heavy atom. The maximum Gasteiger partial charge on any atom is 0.160 e. The second kappa shape index (κ2) is 5.10.